The predicted octanol–water partition coefficient (Wildman–Crippen LogP) is 3.02. The van der Waals surface area contributed by atoms with Crippen molar-refractivity contribution in [2.45, 2.75) is 11.9 Å². The van der Waals surface area contributed by atoms with E-state index in [0.717, 1.165) is 5.39 Å². The summed E-state index contributed by atoms with van der Waals surface area (Å²) in [7, 11) is -4.06. The zero-order valence-electron chi connectivity index (χ0n) is 11.7. The largest absolute Gasteiger partial charge is 0.508 e. The van der Waals surface area contributed by atoms with Crippen LogP contribution in [-0.4, -0.2) is 18.5 Å². The second kappa shape index (κ2) is 5.31. The zero-order chi connectivity index (χ0) is 15.7. The molecule has 0 radical (unpaired) electrons. The quantitative estimate of drug-likeness (QED) is 0.752. The van der Waals surface area contributed by atoms with E-state index in [1.54, 1.807) is 25.1 Å². The van der Waals surface area contributed by atoms with Crippen LogP contribution < -0.4 is 4.18 Å². The Labute approximate surface area is 127 Å². The Bertz CT molecular complexity index is 931. The Balaban J connectivity index is 2.00. The van der Waals surface area contributed by atoms with E-state index < -0.39 is 10.1 Å². The maximum Gasteiger partial charge on any atom is 0.356 e. The van der Waals surface area contributed by atoms with Gasteiger partial charge in [0.2, 0.25) is 0 Å². The topological polar surface area (TPSA) is 76.5 Å². The van der Waals surface area contributed by atoms with Crippen LogP contribution in [0.25, 0.3) is 10.9 Å². The molecule has 0 amide bonds. The van der Waals surface area contributed by atoms with Gasteiger partial charge >= 0.3 is 10.1 Å². The number of nitrogens with zero attached hydrogens (tertiary/aromatic N) is 1. The van der Waals surface area contributed by atoms with Crippen LogP contribution in [0, 0.1) is 6.92 Å². The lowest BCUT2D eigenvalue weighted by atomic mass is 10.2. The van der Waals surface area contributed by atoms with Crippen molar-refractivity contribution >= 4 is 21.0 Å². The summed E-state index contributed by atoms with van der Waals surface area (Å²) in [5.74, 6) is -0.0101. The van der Waals surface area contributed by atoms with Gasteiger partial charge in [-0.1, -0.05) is 18.2 Å². The first-order valence-electron chi connectivity index (χ1n) is 6.55. The highest BCUT2D eigenvalue weighted by Crippen LogP contribution is 2.25. The van der Waals surface area contributed by atoms with Crippen LogP contribution >= 0.6 is 0 Å². The molecule has 0 aliphatic heterocycles. The fourth-order valence-corrected chi connectivity index (χ4v) is 3.01. The first-order valence-corrected chi connectivity index (χ1v) is 7.96. The molecule has 0 spiro atoms. The third kappa shape index (κ3) is 2.87. The maximum atomic E-state index is 12.3. The fourth-order valence-electron chi connectivity index (χ4n) is 2.13. The number of hydrogen-bond donors (Lipinski definition) is 1. The molecule has 5 nitrogen and oxygen atoms in total. The molecule has 0 fully saturated rings. The number of aromatic hydroxyl groups is 1. The van der Waals surface area contributed by atoms with Crippen molar-refractivity contribution < 1.29 is 17.7 Å². The number of pyridine rings is 1. The minimum absolute atomic E-state index is 0.0486. The number of hydrogen-bond acceptors (Lipinski definition) is 5. The molecule has 112 valence electrons. The Morgan fingerprint density at radius 1 is 1.05 bits per heavy atom. The molecular weight excluding hydrogens is 302 g/mol. The number of phenols is 1. The number of para-hydroxylation sites is 1. The van der Waals surface area contributed by atoms with Crippen LogP contribution in [0.1, 0.15) is 5.56 Å². The third-order valence-electron chi connectivity index (χ3n) is 3.07. The molecular formula is C16H13NO4S. The smallest absolute Gasteiger partial charge is 0.356 e. The summed E-state index contributed by atoms with van der Waals surface area (Å²) in [5.41, 5.74) is 1.26. The van der Waals surface area contributed by atoms with Crippen molar-refractivity contribution in [2.75, 3.05) is 0 Å². The summed E-state index contributed by atoms with van der Waals surface area (Å²) < 4.78 is 29.7. The highest BCUT2D eigenvalue weighted by Gasteiger charge is 2.19. The summed E-state index contributed by atoms with van der Waals surface area (Å²) in [6.07, 6.45) is 0. The van der Waals surface area contributed by atoms with Crippen LogP contribution in [0.2, 0.25) is 0 Å². The van der Waals surface area contributed by atoms with Gasteiger partial charge in [0.05, 0.1) is 5.52 Å². The Morgan fingerprint density at radius 2 is 1.82 bits per heavy atom. The van der Waals surface area contributed by atoms with Crippen LogP contribution in [0.4, 0.5) is 0 Å². The fraction of sp³-hybridized carbons (Fsp3) is 0.0625. The summed E-state index contributed by atoms with van der Waals surface area (Å²) >= 11 is 0. The molecule has 0 aliphatic rings. The van der Waals surface area contributed by atoms with Crippen molar-refractivity contribution in [1.29, 1.82) is 0 Å². The average molecular weight is 315 g/mol. The van der Waals surface area contributed by atoms with E-state index in [2.05, 4.69) is 4.98 Å². The van der Waals surface area contributed by atoms with Gasteiger partial charge in [-0.15, -0.1) is 0 Å². The molecule has 0 atom stereocenters. The van der Waals surface area contributed by atoms with Gasteiger partial charge in [0, 0.05) is 11.5 Å². The molecule has 0 saturated carbocycles. The first kappa shape index (κ1) is 14.3. The van der Waals surface area contributed by atoms with Gasteiger partial charge in [-0.25, -0.2) is 4.98 Å². The minimum Gasteiger partial charge on any atom is -0.508 e. The number of aromatic nitrogens is 1. The average Bonchev–Trinajstić information content (AvgIpc) is 2.45. The van der Waals surface area contributed by atoms with Crippen molar-refractivity contribution in [3.63, 3.8) is 0 Å². The molecule has 3 aromatic rings. The van der Waals surface area contributed by atoms with Gasteiger partial charge in [0.25, 0.3) is 0 Å². The lowest BCUT2D eigenvalue weighted by Gasteiger charge is -2.08. The Kier molecular flexibility index (Phi) is 3.46. The van der Waals surface area contributed by atoms with E-state index in [1.807, 2.05) is 12.1 Å². The molecule has 1 heterocycles. The minimum atomic E-state index is -4.06. The summed E-state index contributed by atoms with van der Waals surface area (Å²) in [5, 5.41) is 10.2. The summed E-state index contributed by atoms with van der Waals surface area (Å²) in [4.78, 5) is 4.11. The molecule has 0 aliphatic carbocycles. The maximum absolute atomic E-state index is 12.3. The van der Waals surface area contributed by atoms with Crippen LogP contribution in [0.3, 0.4) is 0 Å². The second-order valence-corrected chi connectivity index (χ2v) is 6.38. The predicted molar refractivity (Wildman–Crippen MR) is 82.4 cm³/mol. The van der Waals surface area contributed by atoms with Crippen molar-refractivity contribution in [2.24, 2.45) is 0 Å². The van der Waals surface area contributed by atoms with E-state index >= 15 is 0 Å². The number of benzene rings is 2. The van der Waals surface area contributed by atoms with Crippen molar-refractivity contribution in [3.8, 4) is 11.5 Å². The first-order chi connectivity index (χ1) is 10.4. The van der Waals surface area contributed by atoms with Gasteiger partial charge in [0.15, 0.2) is 5.03 Å². The zero-order valence-corrected chi connectivity index (χ0v) is 12.5. The van der Waals surface area contributed by atoms with Gasteiger partial charge in [-0.2, -0.15) is 8.42 Å². The van der Waals surface area contributed by atoms with Crippen molar-refractivity contribution in [1.82, 2.24) is 4.98 Å². The van der Waals surface area contributed by atoms with E-state index in [4.69, 9.17) is 4.18 Å². The number of rotatable bonds is 3. The normalized spacial score (nSPS) is 11.5. The molecule has 0 saturated heterocycles. The second-order valence-electron chi connectivity index (χ2n) is 4.88. The van der Waals surface area contributed by atoms with E-state index in [9.17, 15) is 13.5 Å². The molecule has 1 N–H and O–H groups in total. The Morgan fingerprint density at radius 3 is 2.59 bits per heavy atom. The molecule has 22 heavy (non-hydrogen) atoms. The molecule has 0 unspecified atom stereocenters. The molecule has 6 heteroatoms. The molecule has 3 rings (SSSR count). The number of fused-ring (bicyclic) bond motifs is 1. The van der Waals surface area contributed by atoms with Gasteiger partial charge in [-0.05, 0) is 42.8 Å². The number of phenolic OH excluding ortho intramolecular Hbond substituents is 1. The van der Waals surface area contributed by atoms with Crippen LogP contribution in [-0.2, 0) is 10.1 Å². The monoisotopic (exact) mass is 315 g/mol. The van der Waals surface area contributed by atoms with Crippen LogP contribution in [0.15, 0.2) is 59.6 Å². The van der Waals surface area contributed by atoms with E-state index in [0.29, 0.717) is 11.1 Å². The highest BCUT2D eigenvalue weighted by atomic mass is 32.2. The van der Waals surface area contributed by atoms with Gasteiger partial charge in [0.1, 0.15) is 11.5 Å². The van der Waals surface area contributed by atoms with Crippen LogP contribution in [0.5, 0.6) is 11.5 Å². The van der Waals surface area contributed by atoms with Gasteiger partial charge in [-0.3, -0.25) is 0 Å². The lowest BCUT2D eigenvalue weighted by Crippen LogP contribution is -2.11. The standard InChI is InChI=1S/C16H13NO4S/c1-11-8-13(18)10-14(9-11)21-22(19,20)16-7-6-12-4-2-3-5-15(12)17-16/h2-10,18H,1H3. The van der Waals surface area contributed by atoms with Gasteiger partial charge < -0.3 is 9.29 Å². The molecule has 0 bridgehead atoms. The Hall–Kier alpha value is -2.60. The third-order valence-corrected chi connectivity index (χ3v) is 4.22. The summed E-state index contributed by atoms with van der Waals surface area (Å²) in [6, 6.07) is 14.6. The number of aryl methyl sites for hydroxylation is 1. The summed E-state index contributed by atoms with van der Waals surface area (Å²) in [6.45, 7) is 1.73. The van der Waals surface area contributed by atoms with E-state index in [1.165, 1.54) is 24.3 Å². The molecule has 2 aromatic carbocycles. The SMILES string of the molecule is Cc1cc(O)cc(OS(=O)(=O)c2ccc3ccccc3n2)c1. The van der Waals surface area contributed by atoms with E-state index in [-0.39, 0.29) is 16.5 Å². The highest BCUT2D eigenvalue weighted by molar-refractivity contribution is 7.87. The molecule has 1 aromatic heterocycles. The van der Waals surface area contributed by atoms with Crippen molar-refractivity contribution in [3.05, 3.63) is 60.2 Å². The lowest BCUT2D eigenvalue weighted by molar-refractivity contribution is 0.462.